The SMILES string of the molecule is CCC(CC)C(=O)NCc1nc2ccccc2n1CCCCOc1ccccc1Cl. The number of hydrogen-bond donors (Lipinski definition) is 1. The van der Waals surface area contributed by atoms with Gasteiger partial charge in [0.25, 0.3) is 0 Å². The number of aromatic nitrogens is 2. The molecule has 0 aliphatic heterocycles. The van der Waals surface area contributed by atoms with Gasteiger partial charge in [0.2, 0.25) is 5.91 Å². The Morgan fingerprint density at radius 3 is 2.60 bits per heavy atom. The molecule has 0 bridgehead atoms. The minimum atomic E-state index is 0.0600. The van der Waals surface area contributed by atoms with E-state index in [1.54, 1.807) is 0 Å². The molecule has 30 heavy (non-hydrogen) atoms. The number of unbranched alkanes of at least 4 members (excludes halogenated alkanes) is 1. The fraction of sp³-hybridized carbons (Fsp3) is 0.417. The molecule has 6 heteroatoms. The summed E-state index contributed by atoms with van der Waals surface area (Å²) < 4.78 is 8.00. The van der Waals surface area contributed by atoms with E-state index in [-0.39, 0.29) is 11.8 Å². The van der Waals surface area contributed by atoms with Crippen LogP contribution in [0.1, 0.15) is 45.4 Å². The molecule has 0 atom stereocenters. The van der Waals surface area contributed by atoms with Crippen LogP contribution in [-0.4, -0.2) is 22.1 Å². The number of halogens is 1. The van der Waals surface area contributed by atoms with Crippen molar-refractivity contribution < 1.29 is 9.53 Å². The first-order chi connectivity index (χ1) is 14.6. The van der Waals surface area contributed by atoms with Crippen molar-refractivity contribution in [2.45, 2.75) is 52.6 Å². The summed E-state index contributed by atoms with van der Waals surface area (Å²) in [7, 11) is 0. The van der Waals surface area contributed by atoms with Crippen LogP contribution >= 0.6 is 11.6 Å². The van der Waals surface area contributed by atoms with Crippen LogP contribution < -0.4 is 10.1 Å². The number of benzene rings is 2. The van der Waals surface area contributed by atoms with Crippen molar-refractivity contribution in [2.24, 2.45) is 5.92 Å². The number of rotatable bonds is 11. The Morgan fingerprint density at radius 2 is 1.83 bits per heavy atom. The molecule has 2 aromatic carbocycles. The van der Waals surface area contributed by atoms with Gasteiger partial charge >= 0.3 is 0 Å². The van der Waals surface area contributed by atoms with Gasteiger partial charge in [-0.15, -0.1) is 0 Å². The summed E-state index contributed by atoms with van der Waals surface area (Å²) in [5.41, 5.74) is 2.05. The maximum atomic E-state index is 12.4. The number of hydrogen-bond acceptors (Lipinski definition) is 3. The second kappa shape index (κ2) is 11.0. The summed E-state index contributed by atoms with van der Waals surface area (Å²) in [5.74, 6) is 1.77. The third-order valence-electron chi connectivity index (χ3n) is 5.38. The summed E-state index contributed by atoms with van der Waals surface area (Å²) in [5, 5.41) is 3.70. The Hall–Kier alpha value is -2.53. The zero-order valence-corrected chi connectivity index (χ0v) is 18.5. The van der Waals surface area contributed by atoms with E-state index in [0.29, 0.717) is 18.2 Å². The van der Waals surface area contributed by atoms with Crippen LogP contribution in [0.2, 0.25) is 5.02 Å². The number of ether oxygens (including phenoxy) is 1. The minimum Gasteiger partial charge on any atom is -0.492 e. The molecule has 0 aliphatic rings. The van der Waals surface area contributed by atoms with Gasteiger partial charge in [0.1, 0.15) is 11.6 Å². The standard InChI is InChI=1S/C24H30ClN3O2/c1-3-18(4-2)24(29)26-17-23-27-20-12-6-7-13-21(20)28(23)15-9-10-16-30-22-14-8-5-11-19(22)25/h5-8,11-14,18H,3-4,9-10,15-17H2,1-2H3,(H,26,29). The summed E-state index contributed by atoms with van der Waals surface area (Å²) in [6.45, 7) is 5.97. The van der Waals surface area contributed by atoms with Crippen molar-refractivity contribution >= 4 is 28.5 Å². The Labute approximate surface area is 183 Å². The second-order valence-electron chi connectivity index (χ2n) is 7.39. The molecule has 0 saturated carbocycles. The van der Waals surface area contributed by atoms with Crippen molar-refractivity contribution in [1.82, 2.24) is 14.9 Å². The maximum absolute atomic E-state index is 12.4. The lowest BCUT2D eigenvalue weighted by molar-refractivity contribution is -0.125. The Kier molecular flexibility index (Phi) is 8.14. The van der Waals surface area contributed by atoms with Crippen LogP contribution in [0, 0.1) is 5.92 Å². The van der Waals surface area contributed by atoms with Gasteiger partial charge in [-0.25, -0.2) is 4.98 Å². The molecule has 5 nitrogen and oxygen atoms in total. The van der Waals surface area contributed by atoms with Gasteiger partial charge < -0.3 is 14.6 Å². The van der Waals surface area contributed by atoms with Crippen molar-refractivity contribution in [3.05, 3.63) is 59.4 Å². The lowest BCUT2D eigenvalue weighted by atomic mass is 10.0. The molecule has 0 aliphatic carbocycles. The molecular formula is C24H30ClN3O2. The summed E-state index contributed by atoms with van der Waals surface area (Å²) in [6, 6.07) is 15.6. The number of nitrogens with zero attached hydrogens (tertiary/aromatic N) is 2. The van der Waals surface area contributed by atoms with E-state index in [2.05, 4.69) is 16.0 Å². The van der Waals surface area contributed by atoms with Gasteiger partial charge in [-0.3, -0.25) is 4.79 Å². The average molecular weight is 428 g/mol. The third kappa shape index (κ3) is 5.54. The van der Waals surface area contributed by atoms with E-state index in [9.17, 15) is 4.79 Å². The van der Waals surface area contributed by atoms with Gasteiger partial charge in [-0.05, 0) is 49.9 Å². The molecule has 0 unspecified atom stereocenters. The zero-order valence-electron chi connectivity index (χ0n) is 17.7. The number of amides is 1. The lowest BCUT2D eigenvalue weighted by Crippen LogP contribution is -2.30. The van der Waals surface area contributed by atoms with E-state index >= 15 is 0 Å². The fourth-order valence-corrected chi connectivity index (χ4v) is 3.79. The van der Waals surface area contributed by atoms with E-state index < -0.39 is 0 Å². The predicted octanol–water partition coefficient (Wildman–Crippen LogP) is 5.60. The smallest absolute Gasteiger partial charge is 0.223 e. The van der Waals surface area contributed by atoms with E-state index in [1.807, 2.05) is 56.3 Å². The number of nitrogens with one attached hydrogen (secondary N) is 1. The van der Waals surface area contributed by atoms with Crippen LogP contribution in [0.3, 0.4) is 0 Å². The predicted molar refractivity (Wildman–Crippen MR) is 122 cm³/mol. The minimum absolute atomic E-state index is 0.0600. The average Bonchev–Trinajstić information content (AvgIpc) is 3.11. The van der Waals surface area contributed by atoms with Crippen LogP contribution in [0.5, 0.6) is 5.75 Å². The van der Waals surface area contributed by atoms with E-state index in [1.165, 1.54) is 0 Å². The van der Waals surface area contributed by atoms with E-state index in [0.717, 1.165) is 54.8 Å². The van der Waals surface area contributed by atoms with Gasteiger partial charge in [0, 0.05) is 12.5 Å². The first kappa shape index (κ1) is 22.2. The highest BCUT2D eigenvalue weighted by molar-refractivity contribution is 6.32. The van der Waals surface area contributed by atoms with E-state index in [4.69, 9.17) is 21.3 Å². The van der Waals surface area contributed by atoms with Crippen molar-refractivity contribution in [3.63, 3.8) is 0 Å². The molecule has 0 saturated heterocycles. The van der Waals surface area contributed by atoms with Crippen molar-refractivity contribution in [1.29, 1.82) is 0 Å². The summed E-state index contributed by atoms with van der Waals surface area (Å²) in [6.07, 6.45) is 3.55. The Morgan fingerprint density at radius 1 is 1.10 bits per heavy atom. The lowest BCUT2D eigenvalue weighted by Gasteiger charge is -2.14. The first-order valence-corrected chi connectivity index (χ1v) is 11.1. The maximum Gasteiger partial charge on any atom is 0.223 e. The highest BCUT2D eigenvalue weighted by Gasteiger charge is 2.16. The monoisotopic (exact) mass is 427 g/mol. The normalized spacial score (nSPS) is 11.2. The molecule has 3 aromatic rings. The van der Waals surface area contributed by atoms with Crippen molar-refractivity contribution in [2.75, 3.05) is 6.61 Å². The quantitative estimate of drug-likeness (QED) is 0.405. The number of aryl methyl sites for hydroxylation is 1. The molecular weight excluding hydrogens is 398 g/mol. The molecule has 0 fully saturated rings. The van der Waals surface area contributed by atoms with Gasteiger partial charge in [-0.2, -0.15) is 0 Å². The molecule has 0 spiro atoms. The number of carbonyl (C=O) groups is 1. The van der Waals surface area contributed by atoms with Crippen LogP contribution in [0.15, 0.2) is 48.5 Å². The largest absolute Gasteiger partial charge is 0.492 e. The molecule has 1 heterocycles. The molecule has 0 radical (unpaired) electrons. The Bertz CT molecular complexity index is 966. The van der Waals surface area contributed by atoms with Crippen LogP contribution in [0.4, 0.5) is 0 Å². The van der Waals surface area contributed by atoms with Crippen LogP contribution in [0.25, 0.3) is 11.0 Å². The van der Waals surface area contributed by atoms with Gasteiger partial charge in [0.15, 0.2) is 0 Å². The summed E-state index contributed by atoms with van der Waals surface area (Å²) >= 11 is 6.14. The highest BCUT2D eigenvalue weighted by atomic mass is 35.5. The zero-order chi connectivity index (χ0) is 21.3. The fourth-order valence-electron chi connectivity index (χ4n) is 3.60. The van der Waals surface area contributed by atoms with Gasteiger partial charge in [0.05, 0.1) is 29.2 Å². The number of carbonyl (C=O) groups excluding carboxylic acids is 1. The topological polar surface area (TPSA) is 56.2 Å². The van der Waals surface area contributed by atoms with Crippen LogP contribution in [-0.2, 0) is 17.9 Å². The number of imidazole rings is 1. The van der Waals surface area contributed by atoms with Gasteiger partial charge in [-0.1, -0.05) is 49.7 Å². The number of fused-ring (bicyclic) bond motifs is 1. The molecule has 1 aromatic heterocycles. The number of para-hydroxylation sites is 3. The highest BCUT2D eigenvalue weighted by Crippen LogP contribution is 2.23. The Balaban J connectivity index is 1.60. The summed E-state index contributed by atoms with van der Waals surface area (Å²) in [4.78, 5) is 17.1. The molecule has 3 rings (SSSR count). The molecule has 1 amide bonds. The second-order valence-corrected chi connectivity index (χ2v) is 7.79. The molecule has 160 valence electrons. The molecule has 1 N–H and O–H groups in total. The third-order valence-corrected chi connectivity index (χ3v) is 5.69. The van der Waals surface area contributed by atoms with Crippen molar-refractivity contribution in [3.8, 4) is 5.75 Å². The first-order valence-electron chi connectivity index (χ1n) is 10.7.